The molecule has 1 fully saturated rings. The Bertz CT molecular complexity index is 485. The first-order chi connectivity index (χ1) is 7.99. The van der Waals surface area contributed by atoms with Crippen LogP contribution < -0.4 is 11.1 Å². The van der Waals surface area contributed by atoms with Gasteiger partial charge in [0.1, 0.15) is 6.04 Å². The number of likely N-dealkylation sites (N-methyl/N-ethyl adjacent to an activating group) is 1. The molecule has 1 saturated heterocycles. The first-order valence-electron chi connectivity index (χ1n) is 5.42. The van der Waals surface area contributed by atoms with Crippen molar-refractivity contribution >= 4 is 23.2 Å². The summed E-state index contributed by atoms with van der Waals surface area (Å²) >= 11 is 0. The molecule has 0 aromatic heterocycles. The van der Waals surface area contributed by atoms with Gasteiger partial charge >= 0.3 is 0 Å². The molecule has 1 aliphatic rings. The SMILES string of the molecule is Cc1cc(NC2CC(=O)N(C)C2=O)ccc1N. The molecule has 1 heterocycles. The summed E-state index contributed by atoms with van der Waals surface area (Å²) in [6, 6.07) is 4.99. The molecule has 2 amide bonds. The molecule has 17 heavy (non-hydrogen) atoms. The maximum absolute atomic E-state index is 11.7. The normalized spacial score (nSPS) is 19.9. The fraction of sp³-hybridized carbons (Fsp3) is 0.333. The first kappa shape index (κ1) is 11.4. The number of hydrogen-bond acceptors (Lipinski definition) is 4. The number of carbonyl (C=O) groups is 2. The highest BCUT2D eigenvalue weighted by Gasteiger charge is 2.35. The number of rotatable bonds is 2. The van der Waals surface area contributed by atoms with Gasteiger partial charge in [-0.05, 0) is 30.7 Å². The van der Waals surface area contributed by atoms with E-state index in [4.69, 9.17) is 5.73 Å². The zero-order valence-corrected chi connectivity index (χ0v) is 9.86. The van der Waals surface area contributed by atoms with Crippen LogP contribution in [0.15, 0.2) is 18.2 Å². The van der Waals surface area contributed by atoms with E-state index in [0.29, 0.717) is 5.69 Å². The molecule has 3 N–H and O–H groups in total. The second kappa shape index (κ2) is 4.08. The third-order valence-electron chi connectivity index (χ3n) is 2.99. The minimum Gasteiger partial charge on any atom is -0.399 e. The summed E-state index contributed by atoms with van der Waals surface area (Å²) in [5.74, 6) is -0.343. The standard InChI is InChI=1S/C12H15N3O2/c1-7-5-8(3-4-9(7)13)14-10-6-11(16)15(2)12(10)17/h3-5,10,14H,6,13H2,1-2H3. The number of hydrogen-bond donors (Lipinski definition) is 2. The van der Waals surface area contributed by atoms with Gasteiger partial charge in [-0.3, -0.25) is 14.5 Å². The maximum atomic E-state index is 11.7. The van der Waals surface area contributed by atoms with Gasteiger partial charge in [-0.15, -0.1) is 0 Å². The molecule has 1 unspecified atom stereocenters. The van der Waals surface area contributed by atoms with Crippen molar-refractivity contribution in [2.75, 3.05) is 18.1 Å². The summed E-state index contributed by atoms with van der Waals surface area (Å²) in [4.78, 5) is 24.2. The molecule has 2 rings (SSSR count). The van der Waals surface area contributed by atoms with E-state index < -0.39 is 6.04 Å². The van der Waals surface area contributed by atoms with Crippen molar-refractivity contribution in [1.29, 1.82) is 0 Å². The smallest absolute Gasteiger partial charge is 0.251 e. The van der Waals surface area contributed by atoms with Gasteiger partial charge in [-0.2, -0.15) is 0 Å². The minimum atomic E-state index is -0.462. The van der Waals surface area contributed by atoms with Gasteiger partial charge in [-0.25, -0.2) is 0 Å². The summed E-state index contributed by atoms with van der Waals surface area (Å²) in [6.07, 6.45) is 0.207. The molecule has 0 aliphatic carbocycles. The van der Waals surface area contributed by atoms with E-state index in [1.165, 1.54) is 7.05 Å². The highest BCUT2D eigenvalue weighted by Crippen LogP contribution is 2.20. The number of anilines is 2. The van der Waals surface area contributed by atoms with E-state index in [1.807, 2.05) is 13.0 Å². The Hall–Kier alpha value is -2.04. The number of nitrogens with two attached hydrogens (primary N) is 1. The van der Waals surface area contributed by atoms with E-state index in [0.717, 1.165) is 16.2 Å². The van der Waals surface area contributed by atoms with Crippen molar-refractivity contribution in [1.82, 2.24) is 4.90 Å². The second-order valence-electron chi connectivity index (χ2n) is 4.26. The number of amides is 2. The van der Waals surface area contributed by atoms with Crippen LogP contribution in [0.2, 0.25) is 0 Å². The summed E-state index contributed by atoms with van der Waals surface area (Å²) in [5.41, 5.74) is 8.17. The minimum absolute atomic E-state index is 0.153. The largest absolute Gasteiger partial charge is 0.399 e. The van der Waals surface area contributed by atoms with Gasteiger partial charge in [0.2, 0.25) is 5.91 Å². The number of aryl methyl sites for hydroxylation is 1. The van der Waals surface area contributed by atoms with Gasteiger partial charge < -0.3 is 11.1 Å². The average Bonchev–Trinajstić information content (AvgIpc) is 2.52. The van der Waals surface area contributed by atoms with Crippen molar-refractivity contribution in [3.05, 3.63) is 23.8 Å². The number of benzene rings is 1. The van der Waals surface area contributed by atoms with Gasteiger partial charge in [0.15, 0.2) is 0 Å². The molecule has 0 saturated carbocycles. The second-order valence-corrected chi connectivity index (χ2v) is 4.26. The number of nitrogen functional groups attached to an aromatic ring is 1. The van der Waals surface area contributed by atoms with E-state index in [1.54, 1.807) is 12.1 Å². The first-order valence-corrected chi connectivity index (χ1v) is 5.42. The van der Waals surface area contributed by atoms with Crippen LogP contribution >= 0.6 is 0 Å². The molecule has 0 radical (unpaired) electrons. The molecule has 90 valence electrons. The van der Waals surface area contributed by atoms with Crippen LogP contribution in [0.4, 0.5) is 11.4 Å². The topological polar surface area (TPSA) is 75.4 Å². The predicted octanol–water partition coefficient (Wildman–Crippen LogP) is 0.746. The molecule has 1 aliphatic heterocycles. The lowest BCUT2D eigenvalue weighted by molar-refractivity contribution is -0.136. The average molecular weight is 233 g/mol. The zero-order valence-electron chi connectivity index (χ0n) is 9.86. The summed E-state index contributed by atoms with van der Waals surface area (Å²) in [6.45, 7) is 1.90. The van der Waals surface area contributed by atoms with Crippen LogP contribution in [-0.4, -0.2) is 29.8 Å². The lowest BCUT2D eigenvalue weighted by atomic mass is 10.1. The monoisotopic (exact) mass is 233 g/mol. The number of imide groups is 1. The summed E-state index contributed by atoms with van der Waals surface area (Å²) < 4.78 is 0. The molecule has 1 aromatic carbocycles. The number of carbonyl (C=O) groups excluding carboxylic acids is 2. The number of likely N-dealkylation sites (tertiary alicyclic amines) is 1. The maximum Gasteiger partial charge on any atom is 0.251 e. The lowest BCUT2D eigenvalue weighted by Crippen LogP contribution is -2.31. The Kier molecular flexibility index (Phi) is 2.75. The third-order valence-corrected chi connectivity index (χ3v) is 2.99. The predicted molar refractivity (Wildman–Crippen MR) is 65.4 cm³/mol. The number of nitrogens with zero attached hydrogens (tertiary/aromatic N) is 1. The third kappa shape index (κ3) is 2.08. The van der Waals surface area contributed by atoms with Crippen LogP contribution in [0.3, 0.4) is 0 Å². The zero-order chi connectivity index (χ0) is 12.6. The summed E-state index contributed by atoms with van der Waals surface area (Å²) in [7, 11) is 1.50. The van der Waals surface area contributed by atoms with E-state index >= 15 is 0 Å². The molecule has 0 bridgehead atoms. The Morgan fingerprint density at radius 3 is 2.65 bits per heavy atom. The molecular weight excluding hydrogens is 218 g/mol. The van der Waals surface area contributed by atoms with Crippen LogP contribution in [0.25, 0.3) is 0 Å². The van der Waals surface area contributed by atoms with Crippen molar-refractivity contribution in [3.8, 4) is 0 Å². The highest BCUT2D eigenvalue weighted by molar-refractivity contribution is 6.06. The van der Waals surface area contributed by atoms with Gasteiger partial charge in [-0.1, -0.05) is 0 Å². The molecule has 0 spiro atoms. The molecular formula is C12H15N3O2. The van der Waals surface area contributed by atoms with Gasteiger partial charge in [0.25, 0.3) is 5.91 Å². The fourth-order valence-corrected chi connectivity index (χ4v) is 1.83. The lowest BCUT2D eigenvalue weighted by Gasteiger charge is -2.13. The summed E-state index contributed by atoms with van der Waals surface area (Å²) in [5, 5.41) is 3.05. The van der Waals surface area contributed by atoms with Crippen LogP contribution in [-0.2, 0) is 9.59 Å². The van der Waals surface area contributed by atoms with Crippen molar-refractivity contribution in [3.63, 3.8) is 0 Å². The molecule has 5 heteroatoms. The Morgan fingerprint density at radius 1 is 1.41 bits per heavy atom. The van der Waals surface area contributed by atoms with Gasteiger partial charge in [0.05, 0.1) is 6.42 Å². The molecule has 1 aromatic rings. The van der Waals surface area contributed by atoms with Crippen LogP contribution in [0.5, 0.6) is 0 Å². The molecule has 1 atom stereocenters. The quantitative estimate of drug-likeness (QED) is 0.583. The Balaban J connectivity index is 2.14. The van der Waals surface area contributed by atoms with Crippen LogP contribution in [0.1, 0.15) is 12.0 Å². The van der Waals surface area contributed by atoms with E-state index in [-0.39, 0.29) is 18.2 Å². The number of nitrogens with one attached hydrogen (secondary N) is 1. The van der Waals surface area contributed by atoms with Crippen molar-refractivity contribution < 1.29 is 9.59 Å². The van der Waals surface area contributed by atoms with E-state index in [2.05, 4.69) is 5.32 Å². The molecule has 5 nitrogen and oxygen atoms in total. The van der Waals surface area contributed by atoms with Gasteiger partial charge in [0, 0.05) is 18.4 Å². The Morgan fingerprint density at radius 2 is 2.12 bits per heavy atom. The van der Waals surface area contributed by atoms with Crippen molar-refractivity contribution in [2.45, 2.75) is 19.4 Å². The Labute approximate surface area is 99.6 Å². The fourth-order valence-electron chi connectivity index (χ4n) is 1.83. The van der Waals surface area contributed by atoms with Crippen molar-refractivity contribution in [2.24, 2.45) is 0 Å². The van der Waals surface area contributed by atoms with E-state index in [9.17, 15) is 9.59 Å². The highest BCUT2D eigenvalue weighted by atomic mass is 16.2. The van der Waals surface area contributed by atoms with Crippen LogP contribution in [0, 0.1) is 6.92 Å².